The number of hydrogen-bond donors (Lipinski definition) is 2. The Bertz CT molecular complexity index is 1120. The van der Waals surface area contributed by atoms with Crippen molar-refractivity contribution in [1.29, 1.82) is 0 Å². The minimum absolute atomic E-state index is 0.722. The van der Waals surface area contributed by atoms with Gasteiger partial charge in [0.15, 0.2) is 0 Å². The van der Waals surface area contributed by atoms with Crippen LogP contribution < -0.4 is 0 Å². The van der Waals surface area contributed by atoms with Crippen molar-refractivity contribution < 1.29 is 5.11 Å². The Morgan fingerprint density at radius 3 is 2.69 bits per heavy atom. The Morgan fingerprint density at radius 2 is 1.93 bits per heavy atom. The van der Waals surface area contributed by atoms with Crippen LogP contribution in [-0.4, -0.2) is 33.1 Å². The number of H-pyrrole nitrogens is 1. The molecule has 1 aliphatic rings. The highest BCUT2D eigenvalue weighted by Crippen LogP contribution is 2.37. The number of likely N-dealkylation sites (tertiary alicyclic amines) is 1. The number of pyridine rings is 1. The average Bonchev–Trinajstić information content (AvgIpc) is 3.38. The Hall–Kier alpha value is -2.47. The molecule has 29 heavy (non-hydrogen) atoms. The summed E-state index contributed by atoms with van der Waals surface area (Å²) in [5.74, 6) is 0. The van der Waals surface area contributed by atoms with Crippen molar-refractivity contribution in [2.24, 2.45) is 0 Å². The summed E-state index contributed by atoms with van der Waals surface area (Å²) < 4.78 is 0. The molecule has 5 rings (SSSR count). The van der Waals surface area contributed by atoms with Gasteiger partial charge in [-0.2, -0.15) is 0 Å². The van der Waals surface area contributed by atoms with E-state index in [-0.39, 0.29) is 0 Å². The van der Waals surface area contributed by atoms with Gasteiger partial charge in [-0.25, -0.2) is 4.98 Å². The molecule has 2 N–H and O–H groups in total. The van der Waals surface area contributed by atoms with E-state index in [9.17, 15) is 5.11 Å². The van der Waals surface area contributed by atoms with Crippen molar-refractivity contribution in [3.63, 3.8) is 0 Å². The third-order valence-corrected chi connectivity index (χ3v) is 7.04. The summed E-state index contributed by atoms with van der Waals surface area (Å²) in [5.41, 5.74) is 4.95. The number of aryl methyl sites for hydroxylation is 1. The first-order valence-corrected chi connectivity index (χ1v) is 11.0. The zero-order valence-corrected chi connectivity index (χ0v) is 17.4. The number of piperidine rings is 1. The van der Waals surface area contributed by atoms with Crippen LogP contribution >= 0.6 is 11.3 Å². The number of nitrogens with one attached hydrogen (secondary N) is 1. The highest BCUT2D eigenvalue weighted by atomic mass is 32.1. The zero-order chi connectivity index (χ0) is 19.8. The van der Waals surface area contributed by atoms with E-state index in [1.165, 1.54) is 27.1 Å². The molecule has 0 aliphatic carbocycles. The minimum atomic E-state index is -0.722. The second-order valence-electron chi connectivity index (χ2n) is 7.98. The lowest BCUT2D eigenvalue weighted by molar-refractivity contribution is -0.0280. The molecule has 5 heteroatoms. The quantitative estimate of drug-likeness (QED) is 0.499. The van der Waals surface area contributed by atoms with Crippen LogP contribution in [0.4, 0.5) is 0 Å². The van der Waals surface area contributed by atoms with E-state index < -0.39 is 5.60 Å². The zero-order valence-electron chi connectivity index (χ0n) is 16.6. The van der Waals surface area contributed by atoms with Crippen LogP contribution in [-0.2, 0) is 12.1 Å². The first kappa shape index (κ1) is 18.6. The molecule has 4 nitrogen and oxygen atoms in total. The molecule has 4 aromatic rings. The summed E-state index contributed by atoms with van der Waals surface area (Å²) in [6.45, 7) is 4.71. The number of aromatic nitrogens is 2. The largest absolute Gasteiger partial charge is 0.385 e. The number of benzene rings is 1. The molecule has 0 amide bonds. The predicted octanol–water partition coefficient (Wildman–Crippen LogP) is 5.08. The molecule has 0 saturated carbocycles. The number of rotatable bonds is 4. The number of hydrogen-bond acceptors (Lipinski definition) is 4. The molecule has 148 valence electrons. The van der Waals surface area contributed by atoms with Gasteiger partial charge in [0.25, 0.3) is 0 Å². The van der Waals surface area contributed by atoms with Crippen LogP contribution in [0, 0.1) is 6.92 Å². The van der Waals surface area contributed by atoms with E-state index in [0.29, 0.717) is 0 Å². The number of fused-ring (bicyclic) bond motifs is 1. The molecule has 1 aromatic carbocycles. The summed E-state index contributed by atoms with van der Waals surface area (Å²) in [4.78, 5) is 11.8. The SMILES string of the molecule is Cc1ccccc1C1(O)CCN(Cc2c(-c3cccs3)[nH]c3ncccc23)CC1. The smallest absolute Gasteiger partial charge is 0.138 e. The number of nitrogens with zero attached hydrogens (tertiary/aromatic N) is 2. The fourth-order valence-electron chi connectivity index (χ4n) is 4.54. The maximum absolute atomic E-state index is 11.3. The Balaban J connectivity index is 1.40. The number of aliphatic hydroxyl groups is 1. The van der Waals surface area contributed by atoms with E-state index in [1.807, 2.05) is 24.4 Å². The fourth-order valence-corrected chi connectivity index (χ4v) is 5.29. The standard InChI is InChI=1S/C24H25N3OS/c1-17-6-2-3-8-20(17)24(28)10-13-27(14-11-24)16-19-18-7-4-12-25-23(18)26-22(19)21-9-5-15-29-21/h2-9,12,15,28H,10-11,13-14,16H2,1H3,(H,25,26). The molecule has 0 atom stereocenters. The van der Waals surface area contributed by atoms with Crippen molar-refractivity contribution in [3.05, 3.63) is 76.8 Å². The topological polar surface area (TPSA) is 52.1 Å². The Labute approximate surface area is 174 Å². The van der Waals surface area contributed by atoms with E-state index in [2.05, 4.69) is 57.5 Å². The summed E-state index contributed by atoms with van der Waals surface area (Å²) in [5, 5.41) is 14.6. The van der Waals surface area contributed by atoms with Gasteiger partial charge in [0.05, 0.1) is 16.2 Å². The van der Waals surface area contributed by atoms with Gasteiger partial charge in [0, 0.05) is 36.8 Å². The second kappa shape index (κ2) is 7.41. The van der Waals surface area contributed by atoms with E-state index in [4.69, 9.17) is 0 Å². The summed E-state index contributed by atoms with van der Waals surface area (Å²) in [6.07, 6.45) is 3.35. The van der Waals surface area contributed by atoms with Crippen molar-refractivity contribution >= 4 is 22.4 Å². The van der Waals surface area contributed by atoms with Gasteiger partial charge in [0.1, 0.15) is 5.65 Å². The van der Waals surface area contributed by atoms with Gasteiger partial charge in [-0.05, 0) is 54.5 Å². The molecule has 4 heterocycles. The highest BCUT2D eigenvalue weighted by Gasteiger charge is 2.35. The molecular weight excluding hydrogens is 378 g/mol. The molecule has 1 aliphatic heterocycles. The number of aromatic amines is 1. The van der Waals surface area contributed by atoms with Crippen LogP contribution in [0.5, 0.6) is 0 Å². The molecular formula is C24H25N3OS. The van der Waals surface area contributed by atoms with Gasteiger partial charge >= 0.3 is 0 Å². The Morgan fingerprint density at radius 1 is 1.10 bits per heavy atom. The van der Waals surface area contributed by atoms with Gasteiger partial charge in [0.2, 0.25) is 0 Å². The average molecular weight is 404 g/mol. The van der Waals surface area contributed by atoms with Crippen molar-refractivity contribution in [2.75, 3.05) is 13.1 Å². The van der Waals surface area contributed by atoms with Crippen LogP contribution in [0.25, 0.3) is 21.6 Å². The molecule has 0 radical (unpaired) electrons. The lowest BCUT2D eigenvalue weighted by Gasteiger charge is -2.39. The number of thiophene rings is 1. The molecule has 0 spiro atoms. The van der Waals surface area contributed by atoms with Crippen molar-refractivity contribution in [1.82, 2.24) is 14.9 Å². The lowest BCUT2D eigenvalue weighted by atomic mass is 9.82. The van der Waals surface area contributed by atoms with Crippen LogP contribution in [0.1, 0.15) is 29.5 Å². The summed E-state index contributed by atoms with van der Waals surface area (Å²) >= 11 is 1.75. The molecule has 3 aromatic heterocycles. The van der Waals surface area contributed by atoms with E-state index >= 15 is 0 Å². The third-order valence-electron chi connectivity index (χ3n) is 6.16. The van der Waals surface area contributed by atoms with Gasteiger partial charge in [-0.1, -0.05) is 30.3 Å². The first-order chi connectivity index (χ1) is 14.1. The minimum Gasteiger partial charge on any atom is -0.385 e. The van der Waals surface area contributed by atoms with E-state index in [1.54, 1.807) is 11.3 Å². The third kappa shape index (κ3) is 3.39. The van der Waals surface area contributed by atoms with E-state index in [0.717, 1.165) is 43.7 Å². The predicted molar refractivity (Wildman–Crippen MR) is 119 cm³/mol. The monoisotopic (exact) mass is 403 g/mol. The van der Waals surface area contributed by atoms with Gasteiger partial charge in [-0.15, -0.1) is 11.3 Å². The maximum Gasteiger partial charge on any atom is 0.138 e. The van der Waals surface area contributed by atoms with Crippen molar-refractivity contribution in [2.45, 2.75) is 31.9 Å². The maximum atomic E-state index is 11.3. The normalized spacial score (nSPS) is 17.0. The van der Waals surface area contributed by atoms with Crippen LogP contribution in [0.15, 0.2) is 60.1 Å². The molecule has 0 unspecified atom stereocenters. The Kier molecular flexibility index (Phi) is 4.74. The molecule has 1 saturated heterocycles. The lowest BCUT2D eigenvalue weighted by Crippen LogP contribution is -2.42. The first-order valence-electron chi connectivity index (χ1n) is 10.1. The molecule has 1 fully saturated rings. The van der Waals surface area contributed by atoms with Gasteiger partial charge in [-0.3, -0.25) is 4.90 Å². The highest BCUT2D eigenvalue weighted by molar-refractivity contribution is 7.13. The molecule has 0 bridgehead atoms. The van der Waals surface area contributed by atoms with Gasteiger partial charge < -0.3 is 10.1 Å². The van der Waals surface area contributed by atoms with Crippen LogP contribution in [0.2, 0.25) is 0 Å². The second-order valence-corrected chi connectivity index (χ2v) is 8.93. The fraction of sp³-hybridized carbons (Fsp3) is 0.292. The van der Waals surface area contributed by atoms with Crippen molar-refractivity contribution in [3.8, 4) is 10.6 Å². The summed E-state index contributed by atoms with van der Waals surface area (Å²) in [6, 6.07) is 16.6. The summed E-state index contributed by atoms with van der Waals surface area (Å²) in [7, 11) is 0. The van der Waals surface area contributed by atoms with Crippen LogP contribution in [0.3, 0.4) is 0 Å².